The van der Waals surface area contributed by atoms with E-state index in [1.807, 2.05) is 19.1 Å². The molecule has 0 aliphatic carbocycles. The van der Waals surface area contributed by atoms with Gasteiger partial charge in [0.2, 0.25) is 0 Å². The molecule has 0 unspecified atom stereocenters. The number of pyridine rings is 1. The van der Waals surface area contributed by atoms with Crippen LogP contribution in [0.5, 0.6) is 0 Å². The van der Waals surface area contributed by atoms with Gasteiger partial charge in [-0.3, -0.25) is 0 Å². The molecule has 0 saturated heterocycles. The van der Waals surface area contributed by atoms with Gasteiger partial charge in [-0.15, -0.1) is 0 Å². The highest BCUT2D eigenvalue weighted by molar-refractivity contribution is 9.10. The van der Waals surface area contributed by atoms with Crippen LogP contribution >= 0.6 is 15.9 Å². The molecule has 1 aromatic carbocycles. The van der Waals surface area contributed by atoms with Crippen molar-refractivity contribution in [2.24, 2.45) is 0 Å². The fourth-order valence-corrected chi connectivity index (χ4v) is 2.47. The monoisotopic (exact) mass is 316 g/mol. The van der Waals surface area contributed by atoms with Gasteiger partial charge < -0.3 is 4.90 Å². The predicted octanol–water partition coefficient (Wildman–Crippen LogP) is 4.43. The van der Waals surface area contributed by atoms with Crippen LogP contribution in [-0.4, -0.2) is 11.5 Å². The highest BCUT2D eigenvalue weighted by Crippen LogP contribution is 2.25. The Morgan fingerprint density at radius 1 is 1.21 bits per heavy atom. The van der Waals surface area contributed by atoms with Crippen molar-refractivity contribution in [1.29, 1.82) is 0 Å². The van der Waals surface area contributed by atoms with Gasteiger partial charge in [0.25, 0.3) is 0 Å². The van der Waals surface area contributed by atoms with Gasteiger partial charge >= 0.3 is 0 Å². The van der Waals surface area contributed by atoms with Gasteiger partial charge in [-0.1, -0.05) is 42.5 Å². The van der Waals surface area contributed by atoms with Crippen molar-refractivity contribution < 1.29 is 0 Å². The van der Waals surface area contributed by atoms with Crippen molar-refractivity contribution in [1.82, 2.24) is 4.98 Å². The Hall–Kier alpha value is -1.61. The second-order valence-corrected chi connectivity index (χ2v) is 5.36. The van der Waals surface area contributed by atoms with Gasteiger partial charge in [-0.05, 0) is 40.5 Å². The summed E-state index contributed by atoms with van der Waals surface area (Å²) in [5.41, 5.74) is 3.50. The molecule has 0 saturated carbocycles. The third-order valence-corrected chi connectivity index (χ3v) is 3.37. The minimum Gasteiger partial charge on any atom is -0.361 e. The molecule has 0 bridgehead atoms. The molecule has 1 heterocycles. The minimum absolute atomic E-state index is 0.819. The Balaban J connectivity index is 2.26. The molecule has 2 aromatic rings. The molecule has 1 aromatic heterocycles. The second kappa shape index (κ2) is 6.53. The lowest BCUT2D eigenvalue weighted by Crippen LogP contribution is -2.25. The predicted molar refractivity (Wildman–Crippen MR) is 84.2 cm³/mol. The zero-order valence-corrected chi connectivity index (χ0v) is 12.6. The Morgan fingerprint density at radius 3 is 2.58 bits per heavy atom. The lowest BCUT2D eigenvalue weighted by atomic mass is 10.2. The van der Waals surface area contributed by atoms with Gasteiger partial charge in [-0.25, -0.2) is 4.98 Å². The summed E-state index contributed by atoms with van der Waals surface area (Å²) >= 11 is 3.52. The van der Waals surface area contributed by atoms with Crippen LogP contribution in [0.3, 0.4) is 0 Å². The standard InChI is InChI=1S/C16H17BrN2/c1-13(2)11-19(12-14-7-4-3-5-8-14)15-9-6-10-18-16(15)17/h3-10H,1,11-12H2,2H3. The largest absolute Gasteiger partial charge is 0.361 e. The summed E-state index contributed by atoms with van der Waals surface area (Å²) < 4.78 is 0.868. The van der Waals surface area contributed by atoms with Crippen molar-refractivity contribution >= 4 is 21.6 Å². The average molecular weight is 317 g/mol. The molecule has 0 atom stereocenters. The van der Waals surface area contributed by atoms with E-state index < -0.39 is 0 Å². The fourth-order valence-electron chi connectivity index (χ4n) is 1.97. The topological polar surface area (TPSA) is 16.1 Å². The summed E-state index contributed by atoms with van der Waals surface area (Å²) in [6, 6.07) is 14.5. The molecule has 0 amide bonds. The van der Waals surface area contributed by atoms with Gasteiger partial charge in [0, 0.05) is 19.3 Å². The number of rotatable bonds is 5. The van der Waals surface area contributed by atoms with E-state index in [2.05, 4.69) is 62.7 Å². The van der Waals surface area contributed by atoms with Gasteiger partial charge in [0.15, 0.2) is 0 Å². The molecule has 0 radical (unpaired) electrons. The normalized spacial score (nSPS) is 10.2. The molecule has 98 valence electrons. The van der Waals surface area contributed by atoms with E-state index in [0.717, 1.165) is 29.0 Å². The maximum Gasteiger partial charge on any atom is 0.129 e. The van der Waals surface area contributed by atoms with Gasteiger partial charge in [-0.2, -0.15) is 0 Å². The number of aromatic nitrogens is 1. The maximum atomic E-state index is 4.29. The minimum atomic E-state index is 0.819. The van der Waals surface area contributed by atoms with Gasteiger partial charge in [0.1, 0.15) is 4.60 Å². The van der Waals surface area contributed by atoms with Crippen LogP contribution in [0.4, 0.5) is 5.69 Å². The number of hydrogen-bond donors (Lipinski definition) is 0. The van der Waals surface area contributed by atoms with E-state index in [1.165, 1.54) is 5.56 Å². The zero-order valence-electron chi connectivity index (χ0n) is 11.0. The highest BCUT2D eigenvalue weighted by Gasteiger charge is 2.11. The summed E-state index contributed by atoms with van der Waals surface area (Å²) in [6.45, 7) is 7.72. The first-order valence-corrected chi connectivity index (χ1v) is 7.00. The van der Waals surface area contributed by atoms with Crippen molar-refractivity contribution in [3.63, 3.8) is 0 Å². The van der Waals surface area contributed by atoms with Crippen molar-refractivity contribution in [3.8, 4) is 0 Å². The molecule has 19 heavy (non-hydrogen) atoms. The number of benzene rings is 1. The number of halogens is 1. The molecule has 0 aliphatic rings. The zero-order chi connectivity index (χ0) is 13.7. The Bertz CT molecular complexity index is 552. The van der Waals surface area contributed by atoms with Gasteiger partial charge in [0.05, 0.1) is 5.69 Å². The first kappa shape index (κ1) is 13.8. The van der Waals surface area contributed by atoms with E-state index in [4.69, 9.17) is 0 Å². The third kappa shape index (κ3) is 3.93. The quantitative estimate of drug-likeness (QED) is 0.599. The Labute approximate surface area is 122 Å². The maximum absolute atomic E-state index is 4.29. The SMILES string of the molecule is C=C(C)CN(Cc1ccccc1)c1cccnc1Br. The molecule has 3 heteroatoms. The van der Waals surface area contributed by atoms with Crippen LogP contribution in [0, 0.1) is 0 Å². The molecule has 2 rings (SSSR count). The highest BCUT2D eigenvalue weighted by atomic mass is 79.9. The van der Waals surface area contributed by atoms with E-state index >= 15 is 0 Å². The van der Waals surface area contributed by atoms with E-state index in [1.54, 1.807) is 6.20 Å². The third-order valence-electron chi connectivity index (χ3n) is 2.76. The van der Waals surface area contributed by atoms with Crippen LogP contribution in [-0.2, 0) is 6.54 Å². The van der Waals surface area contributed by atoms with Crippen molar-refractivity contribution in [3.05, 3.63) is 71.0 Å². The van der Waals surface area contributed by atoms with E-state index in [-0.39, 0.29) is 0 Å². The first-order valence-electron chi connectivity index (χ1n) is 6.20. The summed E-state index contributed by atoms with van der Waals surface area (Å²) in [4.78, 5) is 6.57. The van der Waals surface area contributed by atoms with Crippen molar-refractivity contribution in [2.45, 2.75) is 13.5 Å². The molecule has 0 aliphatic heterocycles. The summed E-state index contributed by atoms with van der Waals surface area (Å²) in [5.74, 6) is 0. The van der Waals surface area contributed by atoms with E-state index in [0.29, 0.717) is 0 Å². The van der Waals surface area contributed by atoms with Crippen LogP contribution in [0.15, 0.2) is 65.4 Å². The van der Waals surface area contributed by atoms with E-state index in [9.17, 15) is 0 Å². The molecular weight excluding hydrogens is 300 g/mol. The lowest BCUT2D eigenvalue weighted by molar-refractivity contribution is 0.838. The summed E-state index contributed by atoms with van der Waals surface area (Å²) in [7, 11) is 0. The van der Waals surface area contributed by atoms with Crippen LogP contribution in [0.2, 0.25) is 0 Å². The molecular formula is C16H17BrN2. The molecule has 0 fully saturated rings. The second-order valence-electron chi connectivity index (χ2n) is 4.61. The number of hydrogen-bond acceptors (Lipinski definition) is 2. The summed E-state index contributed by atoms with van der Waals surface area (Å²) in [5, 5.41) is 0. The Morgan fingerprint density at radius 2 is 1.95 bits per heavy atom. The number of nitrogens with zero attached hydrogens (tertiary/aromatic N) is 2. The number of anilines is 1. The van der Waals surface area contributed by atoms with Crippen LogP contribution < -0.4 is 4.90 Å². The van der Waals surface area contributed by atoms with Crippen LogP contribution in [0.25, 0.3) is 0 Å². The summed E-state index contributed by atoms with van der Waals surface area (Å²) in [6.07, 6.45) is 1.79. The lowest BCUT2D eigenvalue weighted by Gasteiger charge is -2.25. The first-order chi connectivity index (χ1) is 9.16. The molecule has 2 nitrogen and oxygen atoms in total. The fraction of sp³-hybridized carbons (Fsp3) is 0.188. The smallest absolute Gasteiger partial charge is 0.129 e. The Kier molecular flexibility index (Phi) is 4.74. The molecule has 0 spiro atoms. The van der Waals surface area contributed by atoms with Crippen LogP contribution in [0.1, 0.15) is 12.5 Å². The molecule has 0 N–H and O–H groups in total. The van der Waals surface area contributed by atoms with Crippen molar-refractivity contribution in [2.75, 3.05) is 11.4 Å². The average Bonchev–Trinajstić information content (AvgIpc) is 2.39.